The number of nitrogens with two attached hydrogens (primary N) is 1. The maximum absolute atomic E-state index is 12.9. The number of ether oxygens (including phenoxy) is 1. The fourth-order valence-corrected chi connectivity index (χ4v) is 2.98. The number of aromatic nitrogens is 1. The number of carbonyl (C=O) groups excluding carboxylic acids is 2. The molecule has 0 bridgehead atoms. The molecule has 1 fully saturated rings. The van der Waals surface area contributed by atoms with E-state index >= 15 is 0 Å². The third-order valence-corrected chi connectivity index (χ3v) is 4.27. The summed E-state index contributed by atoms with van der Waals surface area (Å²) in [4.78, 5) is 30.0. The van der Waals surface area contributed by atoms with Gasteiger partial charge in [0.1, 0.15) is 11.4 Å². The number of para-hydroxylation sites is 1. The predicted octanol–water partition coefficient (Wildman–Crippen LogP) is 1.40. The van der Waals surface area contributed by atoms with Crippen molar-refractivity contribution in [3.05, 3.63) is 59.4 Å². The molecule has 1 aliphatic rings. The number of halogens is 1. The van der Waals surface area contributed by atoms with Gasteiger partial charge in [-0.1, -0.05) is 18.2 Å². The summed E-state index contributed by atoms with van der Waals surface area (Å²) in [5, 5.41) is 3.31. The number of nitrogens with one attached hydrogen (secondary N) is 1. The van der Waals surface area contributed by atoms with Gasteiger partial charge in [-0.15, -0.1) is 12.4 Å². The van der Waals surface area contributed by atoms with E-state index in [9.17, 15) is 9.59 Å². The monoisotopic (exact) mass is 376 g/mol. The number of hydrogen-bond donors (Lipinski definition) is 2. The molecule has 1 saturated heterocycles. The molecule has 0 saturated carbocycles. The van der Waals surface area contributed by atoms with Crippen LogP contribution in [0.3, 0.4) is 0 Å². The van der Waals surface area contributed by atoms with Crippen molar-refractivity contribution in [3.8, 4) is 5.75 Å². The third kappa shape index (κ3) is 3.95. The van der Waals surface area contributed by atoms with E-state index in [0.29, 0.717) is 19.6 Å². The highest BCUT2D eigenvalue weighted by Crippen LogP contribution is 2.30. The van der Waals surface area contributed by atoms with Crippen LogP contribution in [0.2, 0.25) is 0 Å². The molecule has 1 unspecified atom stereocenters. The van der Waals surface area contributed by atoms with Gasteiger partial charge < -0.3 is 20.7 Å². The van der Waals surface area contributed by atoms with E-state index in [4.69, 9.17) is 10.5 Å². The first kappa shape index (κ1) is 19.7. The summed E-state index contributed by atoms with van der Waals surface area (Å²) in [5.41, 5.74) is 6.72. The third-order valence-electron chi connectivity index (χ3n) is 4.27. The lowest BCUT2D eigenvalue weighted by molar-refractivity contribution is 0.0625. The van der Waals surface area contributed by atoms with Crippen molar-refractivity contribution in [2.45, 2.75) is 6.04 Å². The number of amides is 2. The molecular formula is C18H21ClN4O3. The van der Waals surface area contributed by atoms with Crippen LogP contribution in [0.25, 0.3) is 0 Å². The zero-order valence-electron chi connectivity index (χ0n) is 14.3. The van der Waals surface area contributed by atoms with Crippen molar-refractivity contribution >= 4 is 24.2 Å². The first-order valence-corrected chi connectivity index (χ1v) is 8.02. The number of rotatable bonds is 4. The standard InChI is InChI=1S/C18H20N4O3.ClH/c1-25-16-5-3-2-4-13(16)15-11-20-8-9-22(15)18(24)14-7-6-12(10-21-14)17(19)23;/h2-7,10,15,20H,8-9,11H2,1H3,(H2,19,23);1H. The predicted molar refractivity (Wildman–Crippen MR) is 99.6 cm³/mol. The Labute approximate surface area is 157 Å². The number of benzene rings is 1. The fraction of sp³-hybridized carbons (Fsp3) is 0.278. The van der Waals surface area contributed by atoms with E-state index < -0.39 is 5.91 Å². The van der Waals surface area contributed by atoms with Crippen LogP contribution in [-0.4, -0.2) is 48.4 Å². The Morgan fingerprint density at radius 2 is 2.04 bits per heavy atom. The van der Waals surface area contributed by atoms with Crippen LogP contribution in [0, 0.1) is 0 Å². The molecule has 1 aromatic carbocycles. The molecule has 0 spiro atoms. The highest BCUT2D eigenvalue weighted by molar-refractivity contribution is 5.95. The molecule has 26 heavy (non-hydrogen) atoms. The van der Waals surface area contributed by atoms with E-state index in [0.717, 1.165) is 11.3 Å². The smallest absolute Gasteiger partial charge is 0.273 e. The van der Waals surface area contributed by atoms with E-state index in [1.54, 1.807) is 12.0 Å². The van der Waals surface area contributed by atoms with Crippen LogP contribution in [-0.2, 0) is 0 Å². The molecule has 8 heteroatoms. The Kier molecular flexibility index (Phi) is 6.54. The van der Waals surface area contributed by atoms with Gasteiger partial charge in [-0.3, -0.25) is 14.6 Å². The molecule has 1 aliphatic heterocycles. The summed E-state index contributed by atoms with van der Waals surface area (Å²) < 4.78 is 5.44. The molecule has 3 rings (SSSR count). The topological polar surface area (TPSA) is 97.5 Å². The number of piperazine rings is 1. The average molecular weight is 377 g/mol. The van der Waals surface area contributed by atoms with Gasteiger partial charge in [-0.05, 0) is 18.2 Å². The van der Waals surface area contributed by atoms with E-state index in [-0.39, 0.29) is 35.6 Å². The Balaban J connectivity index is 0.00000243. The first-order valence-electron chi connectivity index (χ1n) is 8.02. The molecule has 2 amide bonds. The van der Waals surface area contributed by atoms with Crippen molar-refractivity contribution in [2.75, 3.05) is 26.7 Å². The lowest BCUT2D eigenvalue weighted by Gasteiger charge is -2.36. The minimum absolute atomic E-state index is 0. The van der Waals surface area contributed by atoms with Gasteiger partial charge >= 0.3 is 0 Å². The van der Waals surface area contributed by atoms with E-state index in [2.05, 4.69) is 10.3 Å². The van der Waals surface area contributed by atoms with Crippen molar-refractivity contribution in [1.29, 1.82) is 0 Å². The second kappa shape index (κ2) is 8.64. The fourth-order valence-electron chi connectivity index (χ4n) is 2.98. The van der Waals surface area contributed by atoms with Gasteiger partial charge in [-0.2, -0.15) is 0 Å². The zero-order valence-corrected chi connectivity index (χ0v) is 15.2. The van der Waals surface area contributed by atoms with Crippen molar-refractivity contribution in [3.63, 3.8) is 0 Å². The molecule has 1 atom stereocenters. The maximum Gasteiger partial charge on any atom is 0.273 e. The summed E-state index contributed by atoms with van der Waals surface area (Å²) in [7, 11) is 1.62. The van der Waals surface area contributed by atoms with Gasteiger partial charge in [0.05, 0.1) is 18.7 Å². The Hall–Kier alpha value is -2.64. The molecule has 2 heterocycles. The van der Waals surface area contributed by atoms with Crippen LogP contribution in [0.5, 0.6) is 5.75 Å². The molecule has 3 N–H and O–H groups in total. The molecule has 1 aromatic heterocycles. The minimum atomic E-state index is -0.569. The molecule has 138 valence electrons. The van der Waals surface area contributed by atoms with Crippen LogP contribution in [0.1, 0.15) is 32.5 Å². The van der Waals surface area contributed by atoms with E-state index in [1.807, 2.05) is 24.3 Å². The minimum Gasteiger partial charge on any atom is -0.496 e. The molecule has 0 radical (unpaired) electrons. The first-order chi connectivity index (χ1) is 12.1. The van der Waals surface area contributed by atoms with Crippen molar-refractivity contribution < 1.29 is 14.3 Å². The highest BCUT2D eigenvalue weighted by atomic mass is 35.5. The summed E-state index contributed by atoms with van der Waals surface area (Å²) in [6.07, 6.45) is 1.33. The Bertz CT molecular complexity index is 782. The van der Waals surface area contributed by atoms with Crippen LogP contribution < -0.4 is 15.8 Å². The highest BCUT2D eigenvalue weighted by Gasteiger charge is 2.31. The Morgan fingerprint density at radius 1 is 1.27 bits per heavy atom. The summed E-state index contributed by atoms with van der Waals surface area (Å²) in [5.74, 6) is -0.0139. The number of nitrogens with zero attached hydrogens (tertiary/aromatic N) is 2. The molecule has 0 aliphatic carbocycles. The van der Waals surface area contributed by atoms with Crippen molar-refractivity contribution in [1.82, 2.24) is 15.2 Å². The normalized spacial score (nSPS) is 16.5. The summed E-state index contributed by atoms with van der Waals surface area (Å²) in [6, 6.07) is 10.6. The lowest BCUT2D eigenvalue weighted by atomic mass is 10.0. The molecule has 2 aromatic rings. The van der Waals surface area contributed by atoms with Crippen molar-refractivity contribution in [2.24, 2.45) is 5.73 Å². The second-order valence-corrected chi connectivity index (χ2v) is 5.76. The zero-order chi connectivity index (χ0) is 17.8. The summed E-state index contributed by atoms with van der Waals surface area (Å²) in [6.45, 7) is 1.89. The quantitative estimate of drug-likeness (QED) is 0.840. The Morgan fingerprint density at radius 3 is 2.69 bits per heavy atom. The number of methoxy groups -OCH3 is 1. The van der Waals surface area contributed by atoms with Crippen LogP contribution in [0.4, 0.5) is 0 Å². The number of carbonyl (C=O) groups is 2. The number of pyridine rings is 1. The maximum atomic E-state index is 12.9. The van der Waals surface area contributed by atoms with E-state index in [1.165, 1.54) is 18.3 Å². The van der Waals surface area contributed by atoms with Gasteiger partial charge in [0, 0.05) is 31.4 Å². The van der Waals surface area contributed by atoms with Crippen LogP contribution >= 0.6 is 12.4 Å². The molecular weight excluding hydrogens is 356 g/mol. The largest absolute Gasteiger partial charge is 0.496 e. The second-order valence-electron chi connectivity index (χ2n) is 5.76. The average Bonchev–Trinajstić information content (AvgIpc) is 2.67. The number of hydrogen-bond acceptors (Lipinski definition) is 5. The lowest BCUT2D eigenvalue weighted by Crippen LogP contribution is -2.49. The van der Waals surface area contributed by atoms with Gasteiger partial charge in [-0.25, -0.2) is 0 Å². The summed E-state index contributed by atoms with van der Waals surface area (Å²) >= 11 is 0. The number of primary amides is 1. The van der Waals surface area contributed by atoms with Gasteiger partial charge in [0.25, 0.3) is 5.91 Å². The SMILES string of the molecule is COc1ccccc1C1CNCCN1C(=O)c1ccc(C(N)=O)cn1.Cl. The van der Waals surface area contributed by atoms with Gasteiger partial charge in [0.15, 0.2) is 0 Å². The van der Waals surface area contributed by atoms with Crippen LogP contribution in [0.15, 0.2) is 42.6 Å². The van der Waals surface area contributed by atoms with Gasteiger partial charge in [0.2, 0.25) is 5.91 Å². The molecule has 7 nitrogen and oxygen atoms in total.